The Morgan fingerprint density at radius 1 is 0.897 bits per heavy atom. The molecule has 2 heterocycles. The molecule has 0 radical (unpaired) electrons. The Morgan fingerprint density at radius 2 is 1.55 bits per heavy atom. The van der Waals surface area contributed by atoms with Crippen molar-refractivity contribution in [3.05, 3.63) is 24.3 Å². The Hall–Kier alpha value is -1.30. The molecule has 0 aromatic heterocycles. The third-order valence-corrected chi connectivity index (χ3v) is 6.16. The zero-order chi connectivity index (χ0) is 20.2. The predicted molar refractivity (Wildman–Crippen MR) is 116 cm³/mol. The molecule has 2 aliphatic heterocycles. The zero-order valence-electron chi connectivity index (χ0n) is 18.3. The Morgan fingerprint density at radius 3 is 2.31 bits per heavy atom. The third-order valence-electron chi connectivity index (χ3n) is 6.16. The quantitative estimate of drug-likeness (QED) is 0.358. The first-order valence-corrected chi connectivity index (χ1v) is 11.6. The van der Waals surface area contributed by atoms with Crippen molar-refractivity contribution >= 4 is 0 Å². The summed E-state index contributed by atoms with van der Waals surface area (Å²) in [6.07, 6.45) is 10.6. The summed E-state index contributed by atoms with van der Waals surface area (Å²) in [6, 6.07) is 7.83. The Balaban J connectivity index is 1.09. The van der Waals surface area contributed by atoms with E-state index in [0.717, 1.165) is 37.7 Å². The van der Waals surface area contributed by atoms with Crippen LogP contribution in [-0.4, -0.2) is 70.3 Å². The van der Waals surface area contributed by atoms with Gasteiger partial charge in [0.25, 0.3) is 0 Å². The molecule has 0 spiro atoms. The minimum atomic E-state index is 0.00641. The fourth-order valence-corrected chi connectivity index (χ4v) is 4.13. The summed E-state index contributed by atoms with van der Waals surface area (Å²) in [5, 5.41) is 0. The molecule has 0 saturated carbocycles. The first kappa shape index (κ1) is 22.4. The highest BCUT2D eigenvalue weighted by Gasteiger charge is 2.24. The van der Waals surface area contributed by atoms with E-state index in [4.69, 9.17) is 18.9 Å². The van der Waals surface area contributed by atoms with Crippen molar-refractivity contribution < 1.29 is 23.4 Å². The summed E-state index contributed by atoms with van der Waals surface area (Å²) in [4.78, 5) is 0. The molecule has 5 nitrogen and oxygen atoms in total. The molecular formula is C24H40NO4+. The molecule has 1 unspecified atom stereocenters. The minimum Gasteiger partial charge on any atom is -0.486 e. The van der Waals surface area contributed by atoms with Crippen molar-refractivity contribution in [2.24, 2.45) is 0 Å². The first-order chi connectivity index (χ1) is 14.3. The van der Waals surface area contributed by atoms with Gasteiger partial charge in [0, 0.05) is 6.61 Å². The molecule has 1 aromatic carbocycles. The van der Waals surface area contributed by atoms with Crippen LogP contribution in [0.2, 0.25) is 0 Å². The standard InChI is InChI=1S/C24H40NO4/c1-25(15-18-26-19-16-25)14-10-6-4-2-3-5-7-11-17-27-20-22-21-28-23-12-8-9-13-24(23)29-22/h8-9,12-13,22H,2-7,10-11,14-21H2,1H3/q+1. The minimum absolute atomic E-state index is 0.00641. The highest BCUT2D eigenvalue weighted by Crippen LogP contribution is 2.30. The topological polar surface area (TPSA) is 36.9 Å². The number of nitrogens with zero attached hydrogens (tertiary/aromatic N) is 1. The summed E-state index contributed by atoms with van der Waals surface area (Å²) in [5.74, 6) is 1.66. The van der Waals surface area contributed by atoms with Crippen molar-refractivity contribution in [2.45, 2.75) is 57.5 Å². The van der Waals surface area contributed by atoms with Crippen LogP contribution in [0.4, 0.5) is 0 Å². The fourth-order valence-electron chi connectivity index (χ4n) is 4.13. The number of ether oxygens (including phenoxy) is 4. The lowest BCUT2D eigenvalue weighted by molar-refractivity contribution is -0.917. The maximum Gasteiger partial charge on any atom is 0.161 e. The molecule has 2 aliphatic rings. The molecule has 3 rings (SSSR count). The highest BCUT2D eigenvalue weighted by molar-refractivity contribution is 5.40. The average molecular weight is 407 g/mol. The number of hydrogen-bond acceptors (Lipinski definition) is 4. The van der Waals surface area contributed by atoms with E-state index in [9.17, 15) is 0 Å². The molecule has 5 heteroatoms. The number of benzene rings is 1. The lowest BCUT2D eigenvalue weighted by Crippen LogP contribution is -2.52. The number of rotatable bonds is 13. The number of para-hydroxylation sites is 2. The van der Waals surface area contributed by atoms with Gasteiger partial charge in [-0.2, -0.15) is 0 Å². The molecule has 1 fully saturated rings. The summed E-state index contributed by atoms with van der Waals surface area (Å²) in [6.45, 7) is 7.58. The number of hydrogen-bond donors (Lipinski definition) is 0. The zero-order valence-corrected chi connectivity index (χ0v) is 18.3. The van der Waals surface area contributed by atoms with Crippen LogP contribution in [0, 0.1) is 0 Å². The summed E-state index contributed by atoms with van der Waals surface area (Å²) in [7, 11) is 2.39. The molecule has 1 saturated heterocycles. The largest absolute Gasteiger partial charge is 0.486 e. The van der Waals surface area contributed by atoms with Crippen LogP contribution in [-0.2, 0) is 9.47 Å². The van der Waals surface area contributed by atoms with E-state index in [1.807, 2.05) is 24.3 Å². The second kappa shape index (κ2) is 12.4. The molecule has 0 N–H and O–H groups in total. The van der Waals surface area contributed by atoms with E-state index in [2.05, 4.69) is 7.05 Å². The van der Waals surface area contributed by atoms with Gasteiger partial charge < -0.3 is 23.4 Å². The van der Waals surface area contributed by atoms with Crippen molar-refractivity contribution in [1.29, 1.82) is 0 Å². The van der Waals surface area contributed by atoms with E-state index >= 15 is 0 Å². The van der Waals surface area contributed by atoms with Gasteiger partial charge in [0.15, 0.2) is 17.6 Å². The molecule has 1 atom stereocenters. The lowest BCUT2D eigenvalue weighted by Gasteiger charge is -2.37. The maximum absolute atomic E-state index is 5.91. The van der Waals surface area contributed by atoms with Crippen molar-refractivity contribution in [1.82, 2.24) is 0 Å². The van der Waals surface area contributed by atoms with Gasteiger partial charge in [0.05, 0.1) is 33.4 Å². The van der Waals surface area contributed by atoms with Crippen LogP contribution in [0.15, 0.2) is 24.3 Å². The van der Waals surface area contributed by atoms with E-state index in [-0.39, 0.29) is 6.10 Å². The van der Waals surface area contributed by atoms with Gasteiger partial charge in [-0.05, 0) is 31.4 Å². The van der Waals surface area contributed by atoms with Gasteiger partial charge >= 0.3 is 0 Å². The lowest BCUT2D eigenvalue weighted by atomic mass is 10.1. The Kier molecular flexibility index (Phi) is 9.58. The van der Waals surface area contributed by atoms with Crippen LogP contribution < -0.4 is 9.47 Å². The highest BCUT2D eigenvalue weighted by atomic mass is 16.6. The molecule has 0 aliphatic carbocycles. The number of morpholine rings is 1. The van der Waals surface area contributed by atoms with Gasteiger partial charge in [-0.1, -0.05) is 44.2 Å². The SMILES string of the molecule is C[N+]1(CCCCCCCCCCOCC2COc3ccccc3O2)CCOCC1. The summed E-state index contributed by atoms with van der Waals surface area (Å²) < 4.78 is 24.1. The van der Waals surface area contributed by atoms with Crippen molar-refractivity contribution in [3.63, 3.8) is 0 Å². The molecular weight excluding hydrogens is 366 g/mol. The van der Waals surface area contributed by atoms with Crippen LogP contribution in [0.3, 0.4) is 0 Å². The Labute approximate surface area is 176 Å². The molecule has 1 aromatic rings. The predicted octanol–water partition coefficient (Wildman–Crippen LogP) is 4.44. The summed E-state index contributed by atoms with van der Waals surface area (Å²) >= 11 is 0. The number of likely N-dealkylation sites (N-methyl/N-ethyl adjacent to an activating group) is 1. The van der Waals surface area contributed by atoms with E-state index in [0.29, 0.717) is 13.2 Å². The smallest absolute Gasteiger partial charge is 0.161 e. The number of quaternary nitrogens is 1. The van der Waals surface area contributed by atoms with Gasteiger partial charge in [-0.3, -0.25) is 0 Å². The van der Waals surface area contributed by atoms with Gasteiger partial charge in [0.2, 0.25) is 0 Å². The van der Waals surface area contributed by atoms with E-state index in [1.165, 1.54) is 69.1 Å². The van der Waals surface area contributed by atoms with Crippen molar-refractivity contribution in [2.75, 3.05) is 59.7 Å². The van der Waals surface area contributed by atoms with Gasteiger partial charge in [-0.25, -0.2) is 0 Å². The normalized spacial score (nSPS) is 20.5. The number of unbranched alkanes of at least 4 members (excludes halogenated alkanes) is 7. The molecule has 0 amide bonds. The Bertz CT molecular complexity index is 574. The summed E-state index contributed by atoms with van der Waals surface area (Å²) in [5.41, 5.74) is 0. The molecule has 164 valence electrons. The molecule has 0 bridgehead atoms. The third kappa shape index (κ3) is 8.15. The van der Waals surface area contributed by atoms with Gasteiger partial charge in [-0.15, -0.1) is 0 Å². The van der Waals surface area contributed by atoms with Crippen LogP contribution in [0.25, 0.3) is 0 Å². The van der Waals surface area contributed by atoms with Crippen molar-refractivity contribution in [3.8, 4) is 11.5 Å². The van der Waals surface area contributed by atoms with Crippen LogP contribution >= 0.6 is 0 Å². The second-order valence-electron chi connectivity index (χ2n) is 8.80. The first-order valence-electron chi connectivity index (χ1n) is 11.6. The van der Waals surface area contributed by atoms with Crippen LogP contribution in [0.1, 0.15) is 51.4 Å². The van der Waals surface area contributed by atoms with E-state index in [1.54, 1.807) is 0 Å². The monoisotopic (exact) mass is 406 g/mol. The van der Waals surface area contributed by atoms with Gasteiger partial charge in [0.1, 0.15) is 19.7 Å². The maximum atomic E-state index is 5.91. The average Bonchev–Trinajstić information content (AvgIpc) is 2.75. The second-order valence-corrected chi connectivity index (χ2v) is 8.80. The fraction of sp³-hybridized carbons (Fsp3) is 0.750. The molecule has 29 heavy (non-hydrogen) atoms. The number of fused-ring (bicyclic) bond motifs is 1. The van der Waals surface area contributed by atoms with E-state index < -0.39 is 0 Å². The van der Waals surface area contributed by atoms with Crippen LogP contribution in [0.5, 0.6) is 11.5 Å².